The third-order valence-corrected chi connectivity index (χ3v) is 4.23. The molecule has 2 aromatic carbocycles. The zero-order valence-electron chi connectivity index (χ0n) is 18.1. The first-order valence-electron chi connectivity index (χ1n) is 10.0. The molecule has 0 radical (unpaired) electrons. The molecule has 158 valence electrons. The number of hydrogen-bond donors (Lipinski definition) is 0. The van der Waals surface area contributed by atoms with E-state index in [2.05, 4.69) is 15.4 Å². The van der Waals surface area contributed by atoms with Gasteiger partial charge in [-0.1, -0.05) is 24.6 Å². The predicted octanol–water partition coefficient (Wildman–Crippen LogP) is 4.81. The Balaban J connectivity index is 1.57. The maximum Gasteiger partial charge on any atom is 0.306 e. The van der Waals surface area contributed by atoms with E-state index in [-0.39, 0.29) is 11.9 Å². The first-order chi connectivity index (χ1) is 14.2. The van der Waals surface area contributed by atoms with Crippen LogP contribution in [0.5, 0.6) is 11.5 Å². The van der Waals surface area contributed by atoms with Gasteiger partial charge in [0.05, 0.1) is 6.54 Å². The number of ether oxygens (including phenoxy) is 2. The molecule has 0 saturated carbocycles. The summed E-state index contributed by atoms with van der Waals surface area (Å²) in [5.74, 6) is 1.87. The number of rotatable bonds is 7. The third kappa shape index (κ3) is 6.40. The van der Waals surface area contributed by atoms with Crippen molar-refractivity contribution in [3.05, 3.63) is 54.1 Å². The molecule has 0 aliphatic heterocycles. The fraction of sp³-hybridized carbons (Fsp3) is 0.391. The Hall–Kier alpha value is -3.22. The number of aromatic nitrogens is 4. The van der Waals surface area contributed by atoms with Gasteiger partial charge in [-0.3, -0.25) is 4.79 Å². The maximum atomic E-state index is 12.0. The SMILES string of the molecule is Cc1ccc(Oc2ccc(-c3nnn(C[C@H](C)CC(=O)OC(C)(C)C)n3)cc2)cc1. The second kappa shape index (κ2) is 9.07. The van der Waals surface area contributed by atoms with E-state index in [0.29, 0.717) is 18.8 Å². The Bertz CT molecular complexity index is 973. The van der Waals surface area contributed by atoms with E-state index in [1.165, 1.54) is 10.4 Å². The van der Waals surface area contributed by atoms with Crippen molar-refractivity contribution in [3.63, 3.8) is 0 Å². The van der Waals surface area contributed by atoms with Gasteiger partial charge in [-0.2, -0.15) is 4.80 Å². The molecule has 0 fully saturated rings. The maximum absolute atomic E-state index is 12.0. The van der Waals surface area contributed by atoms with Crippen molar-refractivity contribution in [1.29, 1.82) is 0 Å². The molecule has 7 nitrogen and oxygen atoms in total. The highest BCUT2D eigenvalue weighted by molar-refractivity contribution is 5.70. The van der Waals surface area contributed by atoms with Gasteiger partial charge in [-0.05, 0) is 75.2 Å². The molecule has 0 bridgehead atoms. The highest BCUT2D eigenvalue weighted by Crippen LogP contribution is 2.24. The van der Waals surface area contributed by atoms with Gasteiger partial charge in [0.2, 0.25) is 5.82 Å². The summed E-state index contributed by atoms with van der Waals surface area (Å²) in [6.07, 6.45) is 0.305. The van der Waals surface area contributed by atoms with Crippen molar-refractivity contribution in [2.24, 2.45) is 5.92 Å². The molecule has 0 aliphatic rings. The summed E-state index contributed by atoms with van der Waals surface area (Å²) >= 11 is 0. The van der Waals surface area contributed by atoms with Crippen LogP contribution in [0.1, 0.15) is 39.7 Å². The van der Waals surface area contributed by atoms with E-state index in [1.54, 1.807) is 0 Å². The van der Waals surface area contributed by atoms with Crippen molar-refractivity contribution < 1.29 is 14.3 Å². The monoisotopic (exact) mass is 408 g/mol. The second-order valence-corrected chi connectivity index (χ2v) is 8.50. The molecule has 30 heavy (non-hydrogen) atoms. The highest BCUT2D eigenvalue weighted by Gasteiger charge is 2.19. The summed E-state index contributed by atoms with van der Waals surface area (Å²) in [5.41, 5.74) is 1.55. The van der Waals surface area contributed by atoms with Gasteiger partial charge in [-0.15, -0.1) is 10.2 Å². The first kappa shape index (κ1) is 21.5. The number of hydrogen-bond acceptors (Lipinski definition) is 6. The summed E-state index contributed by atoms with van der Waals surface area (Å²) in [5, 5.41) is 12.7. The summed E-state index contributed by atoms with van der Waals surface area (Å²) < 4.78 is 11.2. The van der Waals surface area contributed by atoms with Crippen LogP contribution in [-0.2, 0) is 16.1 Å². The van der Waals surface area contributed by atoms with E-state index in [9.17, 15) is 4.79 Å². The van der Waals surface area contributed by atoms with Gasteiger partial charge in [0, 0.05) is 12.0 Å². The van der Waals surface area contributed by atoms with E-state index < -0.39 is 5.60 Å². The van der Waals surface area contributed by atoms with Crippen molar-refractivity contribution >= 4 is 5.97 Å². The summed E-state index contributed by atoms with van der Waals surface area (Å²) in [6.45, 7) is 10.1. The van der Waals surface area contributed by atoms with Gasteiger partial charge in [-0.25, -0.2) is 0 Å². The zero-order valence-corrected chi connectivity index (χ0v) is 18.1. The van der Waals surface area contributed by atoms with Crippen LogP contribution in [0.25, 0.3) is 11.4 Å². The molecule has 0 amide bonds. The van der Waals surface area contributed by atoms with Crippen LogP contribution in [0.2, 0.25) is 0 Å². The fourth-order valence-electron chi connectivity index (χ4n) is 2.86. The minimum atomic E-state index is -0.481. The summed E-state index contributed by atoms with van der Waals surface area (Å²) in [6, 6.07) is 15.4. The van der Waals surface area contributed by atoms with Gasteiger partial charge in [0.25, 0.3) is 0 Å². The molecular formula is C23H28N4O3. The molecular weight excluding hydrogens is 380 g/mol. The molecule has 7 heteroatoms. The van der Waals surface area contributed by atoms with Crippen LogP contribution in [0.15, 0.2) is 48.5 Å². The molecule has 3 rings (SSSR count). The van der Waals surface area contributed by atoms with Crippen molar-refractivity contribution in [1.82, 2.24) is 20.2 Å². The number of aryl methyl sites for hydroxylation is 1. The Morgan fingerprint density at radius 1 is 1.03 bits per heavy atom. The van der Waals surface area contributed by atoms with Crippen LogP contribution in [0.3, 0.4) is 0 Å². The molecule has 0 spiro atoms. The van der Waals surface area contributed by atoms with E-state index in [0.717, 1.165) is 17.1 Å². The standard InChI is InChI=1S/C23H28N4O3/c1-16-6-10-19(11-7-16)29-20-12-8-18(9-13-20)22-24-26-27(25-22)15-17(2)14-21(28)30-23(3,4)5/h6-13,17H,14-15H2,1-5H3/t17-/m1/s1. The molecule has 3 aromatic rings. The Morgan fingerprint density at radius 3 is 2.23 bits per heavy atom. The predicted molar refractivity (Wildman–Crippen MR) is 114 cm³/mol. The highest BCUT2D eigenvalue weighted by atomic mass is 16.6. The molecule has 0 unspecified atom stereocenters. The van der Waals surface area contributed by atoms with Crippen molar-refractivity contribution in [2.75, 3.05) is 0 Å². The molecule has 1 heterocycles. The molecule has 0 saturated heterocycles. The Morgan fingerprint density at radius 2 is 1.63 bits per heavy atom. The van der Waals surface area contributed by atoms with Crippen LogP contribution in [0, 0.1) is 12.8 Å². The van der Waals surface area contributed by atoms with E-state index in [1.807, 2.05) is 83.1 Å². The number of tetrazole rings is 1. The Kier molecular flexibility index (Phi) is 6.50. The second-order valence-electron chi connectivity index (χ2n) is 8.50. The number of carbonyl (C=O) groups is 1. The van der Waals surface area contributed by atoms with Crippen LogP contribution in [0.4, 0.5) is 0 Å². The molecule has 0 N–H and O–H groups in total. The average molecular weight is 409 g/mol. The summed E-state index contributed by atoms with van der Waals surface area (Å²) in [4.78, 5) is 13.5. The minimum absolute atomic E-state index is 0.0344. The smallest absolute Gasteiger partial charge is 0.306 e. The lowest BCUT2D eigenvalue weighted by Crippen LogP contribution is -2.25. The lowest BCUT2D eigenvalue weighted by atomic mass is 10.1. The fourth-order valence-corrected chi connectivity index (χ4v) is 2.86. The third-order valence-electron chi connectivity index (χ3n) is 4.23. The van der Waals surface area contributed by atoms with Gasteiger partial charge < -0.3 is 9.47 Å². The van der Waals surface area contributed by atoms with Crippen molar-refractivity contribution in [3.8, 4) is 22.9 Å². The molecule has 1 atom stereocenters. The summed E-state index contributed by atoms with van der Waals surface area (Å²) in [7, 11) is 0. The normalized spacial score (nSPS) is 12.4. The average Bonchev–Trinajstić information content (AvgIpc) is 3.11. The number of esters is 1. The largest absolute Gasteiger partial charge is 0.460 e. The number of nitrogens with zero attached hydrogens (tertiary/aromatic N) is 4. The Labute approximate surface area is 177 Å². The van der Waals surface area contributed by atoms with Gasteiger partial charge in [0.15, 0.2) is 0 Å². The minimum Gasteiger partial charge on any atom is -0.460 e. The quantitative estimate of drug-likeness (QED) is 0.522. The topological polar surface area (TPSA) is 79.1 Å². The lowest BCUT2D eigenvalue weighted by molar-refractivity contribution is -0.155. The lowest BCUT2D eigenvalue weighted by Gasteiger charge is -2.20. The van der Waals surface area contributed by atoms with Crippen LogP contribution in [-0.4, -0.2) is 31.8 Å². The van der Waals surface area contributed by atoms with E-state index in [4.69, 9.17) is 9.47 Å². The first-order valence-corrected chi connectivity index (χ1v) is 10.0. The van der Waals surface area contributed by atoms with Crippen LogP contribution >= 0.6 is 0 Å². The zero-order chi connectivity index (χ0) is 21.7. The van der Waals surface area contributed by atoms with Gasteiger partial charge >= 0.3 is 5.97 Å². The number of benzene rings is 2. The van der Waals surface area contributed by atoms with Gasteiger partial charge in [0.1, 0.15) is 17.1 Å². The molecule has 1 aromatic heterocycles. The van der Waals surface area contributed by atoms with Crippen LogP contribution < -0.4 is 4.74 Å². The number of carbonyl (C=O) groups excluding carboxylic acids is 1. The van der Waals surface area contributed by atoms with E-state index >= 15 is 0 Å². The molecule has 0 aliphatic carbocycles. The van der Waals surface area contributed by atoms with Crippen molar-refractivity contribution in [2.45, 2.75) is 53.2 Å².